The highest BCUT2D eigenvalue weighted by atomic mass is 16.5. The molecule has 0 atom stereocenters. The molecule has 0 aliphatic rings. The Labute approximate surface area is 107 Å². The number of hydrogen-bond acceptors (Lipinski definition) is 5. The van der Waals surface area contributed by atoms with Gasteiger partial charge in [-0.15, -0.1) is 0 Å². The molecule has 0 saturated heterocycles. The number of aliphatic hydroxyl groups excluding tert-OH is 1. The first kappa shape index (κ1) is 14.5. The van der Waals surface area contributed by atoms with Crippen molar-refractivity contribution >= 4 is 5.97 Å². The third-order valence-corrected chi connectivity index (χ3v) is 2.15. The van der Waals surface area contributed by atoms with Crippen LogP contribution in [-0.4, -0.2) is 40.7 Å². The topological polar surface area (TPSA) is 73.6 Å². The van der Waals surface area contributed by atoms with Crippen molar-refractivity contribution in [1.82, 2.24) is 9.78 Å². The van der Waals surface area contributed by atoms with Gasteiger partial charge in [0.25, 0.3) is 0 Å². The van der Waals surface area contributed by atoms with E-state index in [0.29, 0.717) is 30.6 Å². The predicted molar refractivity (Wildman–Crippen MR) is 65.6 cm³/mol. The number of aromatic nitrogens is 2. The van der Waals surface area contributed by atoms with E-state index in [2.05, 4.69) is 5.10 Å². The van der Waals surface area contributed by atoms with E-state index in [9.17, 15) is 4.79 Å². The van der Waals surface area contributed by atoms with Crippen LogP contribution in [-0.2, 0) is 11.3 Å². The average molecular weight is 256 g/mol. The van der Waals surface area contributed by atoms with E-state index < -0.39 is 5.97 Å². The molecule has 0 amide bonds. The molecule has 1 aromatic rings. The highest BCUT2D eigenvalue weighted by Gasteiger charge is 2.20. The lowest BCUT2D eigenvalue weighted by Gasteiger charge is -2.12. The predicted octanol–water partition coefficient (Wildman–Crippen LogP) is 1.09. The molecule has 0 saturated carbocycles. The summed E-state index contributed by atoms with van der Waals surface area (Å²) in [7, 11) is 0. The van der Waals surface area contributed by atoms with Gasteiger partial charge in [0.05, 0.1) is 32.6 Å². The number of rotatable bonds is 7. The van der Waals surface area contributed by atoms with Crippen LogP contribution >= 0.6 is 0 Å². The zero-order valence-electron chi connectivity index (χ0n) is 11.0. The Bertz CT molecular complexity index is 387. The average Bonchev–Trinajstić information content (AvgIpc) is 2.70. The molecule has 102 valence electrons. The van der Waals surface area contributed by atoms with Gasteiger partial charge < -0.3 is 14.6 Å². The molecule has 0 fully saturated rings. The van der Waals surface area contributed by atoms with Crippen LogP contribution in [0, 0.1) is 5.92 Å². The van der Waals surface area contributed by atoms with Crippen LogP contribution in [0.1, 0.15) is 31.1 Å². The SMILES string of the molecule is CCOC(=O)c1cnn(CCO)c1OCC(C)C. The Morgan fingerprint density at radius 3 is 2.83 bits per heavy atom. The van der Waals surface area contributed by atoms with Crippen molar-refractivity contribution in [3.05, 3.63) is 11.8 Å². The monoisotopic (exact) mass is 256 g/mol. The van der Waals surface area contributed by atoms with E-state index in [1.807, 2.05) is 13.8 Å². The van der Waals surface area contributed by atoms with Gasteiger partial charge in [-0.1, -0.05) is 13.8 Å². The fraction of sp³-hybridized carbons (Fsp3) is 0.667. The number of carbonyl (C=O) groups is 1. The minimum atomic E-state index is -0.458. The molecule has 0 bridgehead atoms. The third kappa shape index (κ3) is 3.73. The Morgan fingerprint density at radius 1 is 1.56 bits per heavy atom. The standard InChI is InChI=1S/C12H20N2O4/c1-4-17-12(16)10-7-13-14(5-6-15)11(10)18-8-9(2)3/h7,9,15H,4-6,8H2,1-3H3. The van der Waals surface area contributed by atoms with Gasteiger partial charge in [-0.3, -0.25) is 0 Å². The van der Waals surface area contributed by atoms with Crippen molar-refractivity contribution in [3.63, 3.8) is 0 Å². The maximum atomic E-state index is 11.7. The second-order valence-electron chi connectivity index (χ2n) is 4.24. The van der Waals surface area contributed by atoms with E-state index in [0.717, 1.165) is 0 Å². The molecule has 1 N–H and O–H groups in total. The smallest absolute Gasteiger partial charge is 0.345 e. The van der Waals surface area contributed by atoms with Gasteiger partial charge in [-0.2, -0.15) is 5.10 Å². The van der Waals surface area contributed by atoms with Crippen molar-refractivity contribution in [2.45, 2.75) is 27.3 Å². The van der Waals surface area contributed by atoms with Crippen LogP contribution < -0.4 is 4.74 Å². The van der Waals surface area contributed by atoms with E-state index in [1.165, 1.54) is 10.9 Å². The van der Waals surface area contributed by atoms with Gasteiger partial charge in [0.15, 0.2) is 0 Å². The molecule has 6 nitrogen and oxygen atoms in total. The van der Waals surface area contributed by atoms with E-state index in [1.54, 1.807) is 6.92 Å². The second-order valence-corrected chi connectivity index (χ2v) is 4.24. The molecular weight excluding hydrogens is 236 g/mol. The largest absolute Gasteiger partial charge is 0.477 e. The zero-order valence-corrected chi connectivity index (χ0v) is 11.0. The first-order chi connectivity index (χ1) is 8.60. The maximum Gasteiger partial charge on any atom is 0.345 e. The Morgan fingerprint density at radius 2 is 2.28 bits per heavy atom. The summed E-state index contributed by atoms with van der Waals surface area (Å²) in [6.07, 6.45) is 1.41. The number of ether oxygens (including phenoxy) is 2. The summed E-state index contributed by atoms with van der Waals surface area (Å²) < 4.78 is 12.0. The molecule has 18 heavy (non-hydrogen) atoms. The van der Waals surface area contributed by atoms with Gasteiger partial charge in [0.1, 0.15) is 5.56 Å². The maximum absolute atomic E-state index is 11.7. The van der Waals surface area contributed by atoms with E-state index >= 15 is 0 Å². The summed E-state index contributed by atoms with van der Waals surface area (Å²) in [6.45, 7) is 6.75. The second kappa shape index (κ2) is 7.00. The number of hydrogen-bond donors (Lipinski definition) is 1. The molecule has 0 unspecified atom stereocenters. The molecule has 1 rings (SSSR count). The summed E-state index contributed by atoms with van der Waals surface area (Å²) >= 11 is 0. The molecular formula is C12H20N2O4. The molecule has 0 aliphatic carbocycles. The third-order valence-electron chi connectivity index (χ3n) is 2.15. The van der Waals surface area contributed by atoms with Crippen molar-refractivity contribution in [2.75, 3.05) is 19.8 Å². The quantitative estimate of drug-likeness (QED) is 0.739. The van der Waals surface area contributed by atoms with Crippen LogP contribution in [0.25, 0.3) is 0 Å². The summed E-state index contributed by atoms with van der Waals surface area (Å²) in [4.78, 5) is 11.7. The normalized spacial score (nSPS) is 10.7. The first-order valence-electron chi connectivity index (χ1n) is 6.06. The van der Waals surface area contributed by atoms with Gasteiger partial charge in [0.2, 0.25) is 5.88 Å². The van der Waals surface area contributed by atoms with Crippen LogP contribution in [0.4, 0.5) is 0 Å². The molecule has 0 spiro atoms. The van der Waals surface area contributed by atoms with E-state index in [-0.39, 0.29) is 13.2 Å². The van der Waals surface area contributed by atoms with Crippen molar-refractivity contribution in [2.24, 2.45) is 5.92 Å². The summed E-state index contributed by atoms with van der Waals surface area (Å²) in [5, 5.41) is 13.0. The number of aliphatic hydroxyl groups is 1. The highest BCUT2D eigenvalue weighted by Crippen LogP contribution is 2.20. The van der Waals surface area contributed by atoms with Crippen molar-refractivity contribution in [1.29, 1.82) is 0 Å². The Balaban J connectivity index is 2.91. The summed E-state index contributed by atoms with van der Waals surface area (Å²) in [5.74, 6) is 0.231. The van der Waals surface area contributed by atoms with Crippen molar-refractivity contribution < 1.29 is 19.4 Å². The fourth-order valence-corrected chi connectivity index (χ4v) is 1.37. The van der Waals surface area contributed by atoms with Crippen LogP contribution in [0.15, 0.2) is 6.20 Å². The van der Waals surface area contributed by atoms with Crippen LogP contribution in [0.2, 0.25) is 0 Å². The van der Waals surface area contributed by atoms with E-state index in [4.69, 9.17) is 14.6 Å². The first-order valence-corrected chi connectivity index (χ1v) is 6.06. The lowest BCUT2D eigenvalue weighted by atomic mass is 10.2. The zero-order chi connectivity index (χ0) is 13.5. The fourth-order valence-electron chi connectivity index (χ4n) is 1.37. The Hall–Kier alpha value is -1.56. The summed E-state index contributed by atoms with van der Waals surface area (Å²) in [6, 6.07) is 0. The lowest BCUT2D eigenvalue weighted by Crippen LogP contribution is -2.14. The Kier molecular flexibility index (Phi) is 5.64. The van der Waals surface area contributed by atoms with Crippen LogP contribution in [0.3, 0.4) is 0 Å². The minimum Gasteiger partial charge on any atom is -0.477 e. The number of carbonyl (C=O) groups excluding carboxylic acids is 1. The number of nitrogens with zero attached hydrogens (tertiary/aromatic N) is 2. The molecule has 6 heteroatoms. The highest BCUT2D eigenvalue weighted by molar-refractivity contribution is 5.91. The molecule has 0 aromatic carbocycles. The minimum absolute atomic E-state index is 0.0675. The van der Waals surface area contributed by atoms with Gasteiger partial charge >= 0.3 is 5.97 Å². The summed E-state index contributed by atoms with van der Waals surface area (Å²) in [5.41, 5.74) is 0.297. The molecule has 0 aliphatic heterocycles. The molecule has 1 heterocycles. The molecule has 0 radical (unpaired) electrons. The van der Waals surface area contributed by atoms with Gasteiger partial charge in [-0.25, -0.2) is 9.48 Å². The number of esters is 1. The lowest BCUT2D eigenvalue weighted by molar-refractivity contribution is 0.0520. The molecule has 1 aromatic heterocycles. The van der Waals surface area contributed by atoms with Crippen molar-refractivity contribution in [3.8, 4) is 5.88 Å². The van der Waals surface area contributed by atoms with Gasteiger partial charge in [0, 0.05) is 0 Å². The van der Waals surface area contributed by atoms with Crippen LogP contribution in [0.5, 0.6) is 5.88 Å². The van der Waals surface area contributed by atoms with Gasteiger partial charge in [-0.05, 0) is 12.8 Å².